The summed E-state index contributed by atoms with van der Waals surface area (Å²) in [5.41, 5.74) is 1.16. The smallest absolute Gasteiger partial charge is 0.258 e. The van der Waals surface area contributed by atoms with Crippen LogP contribution in [0.5, 0.6) is 0 Å². The lowest BCUT2D eigenvalue weighted by Crippen LogP contribution is -2.19. The largest absolute Gasteiger partial charge is 0.381 e. The number of halogens is 2. The highest BCUT2D eigenvalue weighted by Gasteiger charge is 2.21. The van der Waals surface area contributed by atoms with Crippen molar-refractivity contribution in [2.24, 2.45) is 7.05 Å². The fraction of sp³-hybridized carbons (Fsp3) is 0.300. The van der Waals surface area contributed by atoms with Gasteiger partial charge in [0.2, 0.25) is 0 Å². The lowest BCUT2D eigenvalue weighted by atomic mass is 9.93. The molecule has 1 aromatic carbocycles. The van der Waals surface area contributed by atoms with Crippen molar-refractivity contribution in [3.8, 4) is 11.3 Å². The second-order valence-electron chi connectivity index (χ2n) is 6.60. The molecule has 4 rings (SSSR count). The number of nitrogens with zero attached hydrogens (tertiary/aromatic N) is 2. The third kappa shape index (κ3) is 2.90. The molecule has 3 aromatic rings. The zero-order valence-electron chi connectivity index (χ0n) is 14.3. The summed E-state index contributed by atoms with van der Waals surface area (Å²) in [4.78, 5) is 17.3. The second-order valence-corrected chi connectivity index (χ2v) is 6.60. The molecule has 6 heteroatoms. The minimum atomic E-state index is -0.691. The minimum Gasteiger partial charge on any atom is -0.381 e. The molecule has 0 atom stereocenters. The van der Waals surface area contributed by atoms with Gasteiger partial charge in [-0.2, -0.15) is 0 Å². The monoisotopic (exact) mass is 356 g/mol. The van der Waals surface area contributed by atoms with Crippen molar-refractivity contribution in [3.63, 3.8) is 0 Å². The van der Waals surface area contributed by atoms with Gasteiger partial charge in [-0.15, -0.1) is 0 Å². The van der Waals surface area contributed by atoms with Crippen molar-refractivity contribution in [1.29, 1.82) is 0 Å². The lowest BCUT2D eigenvalue weighted by molar-refractivity contribution is 0.0845. The maximum absolute atomic E-state index is 14.4. The Kier molecular flexibility index (Phi) is 4.28. The highest BCUT2D eigenvalue weighted by molar-refractivity contribution is 5.94. The highest BCUT2D eigenvalue weighted by atomic mass is 19.1. The van der Waals surface area contributed by atoms with Gasteiger partial charge in [0.05, 0.1) is 11.1 Å². The molecule has 0 amide bonds. The van der Waals surface area contributed by atoms with E-state index in [9.17, 15) is 13.6 Å². The van der Waals surface area contributed by atoms with Gasteiger partial charge in [0, 0.05) is 55.1 Å². The maximum Gasteiger partial charge on any atom is 0.258 e. The SMILES string of the molecule is Cn1ccc2c(-c3ccc(F)cc3F)nc(C3CCOCC3)cc2c1=O. The summed E-state index contributed by atoms with van der Waals surface area (Å²) in [7, 11) is 1.68. The summed E-state index contributed by atoms with van der Waals surface area (Å²) in [5.74, 6) is -1.18. The van der Waals surface area contributed by atoms with Crippen LogP contribution in [-0.4, -0.2) is 22.8 Å². The van der Waals surface area contributed by atoms with Crippen molar-refractivity contribution in [3.05, 3.63) is 64.2 Å². The number of rotatable bonds is 2. The summed E-state index contributed by atoms with van der Waals surface area (Å²) < 4.78 is 34.7. The summed E-state index contributed by atoms with van der Waals surface area (Å²) in [6, 6.07) is 6.96. The summed E-state index contributed by atoms with van der Waals surface area (Å²) >= 11 is 0. The van der Waals surface area contributed by atoms with E-state index in [2.05, 4.69) is 4.98 Å². The Labute approximate surface area is 149 Å². The van der Waals surface area contributed by atoms with E-state index in [0.717, 1.165) is 24.6 Å². The standard InChI is InChI=1S/C20H18F2N2O2/c1-24-7-4-14-16(20(24)25)11-18(12-5-8-26-9-6-12)23-19(14)15-3-2-13(21)10-17(15)22/h2-4,7,10-12H,5-6,8-9H2,1H3. The number of pyridine rings is 2. The Hall–Kier alpha value is -2.60. The number of hydrogen-bond acceptors (Lipinski definition) is 3. The normalized spacial score (nSPS) is 15.5. The van der Waals surface area contributed by atoms with Gasteiger partial charge in [0.1, 0.15) is 11.6 Å². The third-order valence-electron chi connectivity index (χ3n) is 4.92. The number of aromatic nitrogens is 2. The van der Waals surface area contributed by atoms with E-state index in [1.807, 2.05) is 0 Å². The quantitative estimate of drug-likeness (QED) is 0.702. The molecule has 0 radical (unpaired) electrons. The topological polar surface area (TPSA) is 44.1 Å². The van der Waals surface area contributed by atoms with Crippen LogP contribution in [0, 0.1) is 11.6 Å². The summed E-state index contributed by atoms with van der Waals surface area (Å²) in [6.45, 7) is 1.27. The van der Waals surface area contributed by atoms with Crippen LogP contribution in [0.25, 0.3) is 22.0 Å². The predicted molar refractivity (Wildman–Crippen MR) is 95.1 cm³/mol. The van der Waals surface area contributed by atoms with Gasteiger partial charge in [-0.3, -0.25) is 9.78 Å². The predicted octanol–water partition coefficient (Wildman–Crippen LogP) is 3.77. The first-order chi connectivity index (χ1) is 12.5. The highest BCUT2D eigenvalue weighted by Crippen LogP contribution is 2.33. The van der Waals surface area contributed by atoms with E-state index >= 15 is 0 Å². The molecule has 1 aliphatic heterocycles. The molecule has 0 unspecified atom stereocenters. The molecule has 134 valence electrons. The van der Waals surface area contributed by atoms with Crippen LogP contribution in [0.1, 0.15) is 24.5 Å². The Balaban J connectivity index is 2.00. The Morgan fingerprint density at radius 1 is 1.12 bits per heavy atom. The first kappa shape index (κ1) is 16.8. The Bertz CT molecular complexity index is 1040. The molecule has 1 saturated heterocycles. The van der Waals surface area contributed by atoms with Crippen molar-refractivity contribution in [2.75, 3.05) is 13.2 Å². The molecule has 2 aromatic heterocycles. The van der Waals surface area contributed by atoms with E-state index in [1.165, 1.54) is 16.7 Å². The van der Waals surface area contributed by atoms with Gasteiger partial charge < -0.3 is 9.30 Å². The van der Waals surface area contributed by atoms with Gasteiger partial charge in [-0.1, -0.05) is 0 Å². The zero-order valence-corrected chi connectivity index (χ0v) is 14.3. The number of fused-ring (bicyclic) bond motifs is 1. The Morgan fingerprint density at radius 2 is 1.88 bits per heavy atom. The van der Waals surface area contributed by atoms with E-state index in [0.29, 0.717) is 29.7 Å². The van der Waals surface area contributed by atoms with Crippen LogP contribution >= 0.6 is 0 Å². The number of hydrogen-bond donors (Lipinski definition) is 0. The molecule has 0 spiro atoms. The molecule has 26 heavy (non-hydrogen) atoms. The van der Waals surface area contributed by atoms with Crippen LogP contribution in [0.15, 0.2) is 41.3 Å². The first-order valence-electron chi connectivity index (χ1n) is 8.58. The van der Waals surface area contributed by atoms with Crippen LogP contribution in [0.3, 0.4) is 0 Å². The summed E-state index contributed by atoms with van der Waals surface area (Å²) in [5, 5.41) is 1.06. The van der Waals surface area contributed by atoms with Crippen molar-refractivity contribution in [1.82, 2.24) is 9.55 Å². The molecule has 0 bridgehead atoms. The fourth-order valence-electron chi connectivity index (χ4n) is 3.45. The van der Waals surface area contributed by atoms with E-state index < -0.39 is 11.6 Å². The van der Waals surface area contributed by atoms with Crippen molar-refractivity contribution in [2.45, 2.75) is 18.8 Å². The van der Waals surface area contributed by atoms with Crippen molar-refractivity contribution >= 4 is 10.8 Å². The molecule has 1 fully saturated rings. The van der Waals surface area contributed by atoms with Crippen LogP contribution in [-0.2, 0) is 11.8 Å². The minimum absolute atomic E-state index is 0.153. The first-order valence-corrected chi connectivity index (χ1v) is 8.58. The van der Waals surface area contributed by atoms with Crippen LogP contribution < -0.4 is 5.56 Å². The van der Waals surface area contributed by atoms with Crippen LogP contribution in [0.2, 0.25) is 0 Å². The average Bonchev–Trinajstić information content (AvgIpc) is 2.65. The molecule has 0 saturated carbocycles. The second kappa shape index (κ2) is 6.61. The number of aryl methyl sites for hydroxylation is 1. The van der Waals surface area contributed by atoms with Gasteiger partial charge in [-0.25, -0.2) is 8.78 Å². The average molecular weight is 356 g/mol. The fourth-order valence-corrected chi connectivity index (χ4v) is 3.45. The van der Waals surface area contributed by atoms with Crippen LogP contribution in [0.4, 0.5) is 8.78 Å². The lowest BCUT2D eigenvalue weighted by Gasteiger charge is -2.22. The van der Waals surface area contributed by atoms with Gasteiger partial charge in [0.25, 0.3) is 5.56 Å². The number of ether oxygens (including phenoxy) is 1. The third-order valence-corrected chi connectivity index (χ3v) is 4.92. The number of benzene rings is 1. The molecule has 0 N–H and O–H groups in total. The van der Waals surface area contributed by atoms with E-state index in [-0.39, 0.29) is 17.0 Å². The Morgan fingerprint density at radius 3 is 2.62 bits per heavy atom. The summed E-state index contributed by atoms with van der Waals surface area (Å²) in [6.07, 6.45) is 3.24. The van der Waals surface area contributed by atoms with E-state index in [4.69, 9.17) is 4.74 Å². The van der Waals surface area contributed by atoms with E-state index in [1.54, 1.807) is 25.4 Å². The molecule has 3 heterocycles. The molecule has 0 aliphatic carbocycles. The van der Waals surface area contributed by atoms with Gasteiger partial charge >= 0.3 is 0 Å². The molecular formula is C20H18F2N2O2. The zero-order chi connectivity index (χ0) is 18.3. The van der Waals surface area contributed by atoms with Crippen molar-refractivity contribution < 1.29 is 13.5 Å². The van der Waals surface area contributed by atoms with Gasteiger partial charge in [-0.05, 0) is 37.1 Å². The molecule has 4 nitrogen and oxygen atoms in total. The molecular weight excluding hydrogens is 338 g/mol. The maximum atomic E-state index is 14.4. The molecule has 1 aliphatic rings. The van der Waals surface area contributed by atoms with Gasteiger partial charge in [0.15, 0.2) is 0 Å².